The van der Waals surface area contributed by atoms with Gasteiger partial charge in [-0.3, -0.25) is 0 Å². The highest BCUT2D eigenvalue weighted by Gasteiger charge is 2.25. The van der Waals surface area contributed by atoms with Crippen LogP contribution in [0.5, 0.6) is 0 Å². The first kappa shape index (κ1) is 14.7. The van der Waals surface area contributed by atoms with E-state index in [1.807, 2.05) is 20.8 Å². The van der Waals surface area contributed by atoms with Gasteiger partial charge in [0, 0.05) is 0 Å². The summed E-state index contributed by atoms with van der Waals surface area (Å²) in [6.45, 7) is 7.77. The Kier molecular flexibility index (Phi) is 6.53. The van der Waals surface area contributed by atoms with Crippen molar-refractivity contribution in [2.45, 2.75) is 40.2 Å². The van der Waals surface area contributed by atoms with Crippen molar-refractivity contribution in [1.29, 1.82) is 0 Å². The van der Waals surface area contributed by atoms with Crippen LogP contribution < -0.4 is 5.32 Å². The van der Waals surface area contributed by atoms with E-state index in [0.717, 1.165) is 0 Å². The molecule has 0 rings (SSSR count). The molecule has 0 bridgehead atoms. The molecule has 5 nitrogen and oxygen atoms in total. The Morgan fingerprint density at radius 2 is 1.88 bits per heavy atom. The first-order valence-electron chi connectivity index (χ1n) is 5.54. The molecule has 0 aliphatic rings. The van der Waals surface area contributed by atoms with E-state index in [1.54, 1.807) is 6.92 Å². The zero-order valence-corrected chi connectivity index (χ0v) is 10.3. The molecule has 0 aromatic carbocycles. The van der Waals surface area contributed by atoms with E-state index < -0.39 is 18.1 Å². The maximum atomic E-state index is 11.3. The third kappa shape index (κ3) is 5.58. The number of carbonyl (C=O) groups is 2. The number of ether oxygens (including phenoxy) is 1. The van der Waals surface area contributed by atoms with Gasteiger partial charge in [0.25, 0.3) is 0 Å². The monoisotopic (exact) mass is 231 g/mol. The van der Waals surface area contributed by atoms with Gasteiger partial charge in [0.15, 0.2) is 0 Å². The lowest BCUT2D eigenvalue weighted by molar-refractivity contribution is -0.140. The summed E-state index contributed by atoms with van der Waals surface area (Å²) in [5.74, 6) is -0.919. The summed E-state index contributed by atoms with van der Waals surface area (Å²) >= 11 is 0. The molecule has 0 aromatic rings. The quantitative estimate of drug-likeness (QED) is 0.731. The molecule has 0 fully saturated rings. The third-order valence-electron chi connectivity index (χ3n) is 2.30. The van der Waals surface area contributed by atoms with Gasteiger partial charge in [-0.1, -0.05) is 34.1 Å². The Bertz CT molecular complexity index is 240. The summed E-state index contributed by atoms with van der Waals surface area (Å²) in [4.78, 5) is 22.2. The van der Waals surface area contributed by atoms with Crippen LogP contribution in [0.15, 0.2) is 0 Å². The largest absolute Gasteiger partial charge is 0.480 e. The number of carbonyl (C=O) groups excluding carboxylic acids is 1. The topological polar surface area (TPSA) is 75.6 Å². The molecule has 0 heterocycles. The van der Waals surface area contributed by atoms with Crippen LogP contribution in [0.3, 0.4) is 0 Å². The predicted molar refractivity (Wildman–Crippen MR) is 60.2 cm³/mol. The first-order valence-corrected chi connectivity index (χ1v) is 5.54. The molecule has 0 aliphatic heterocycles. The minimum Gasteiger partial charge on any atom is -0.480 e. The molecule has 94 valence electrons. The normalized spacial score (nSPS) is 14.3. The van der Waals surface area contributed by atoms with Gasteiger partial charge in [0.1, 0.15) is 6.04 Å². The van der Waals surface area contributed by atoms with Gasteiger partial charge in [-0.25, -0.2) is 9.59 Å². The van der Waals surface area contributed by atoms with Gasteiger partial charge in [-0.05, 0) is 11.8 Å². The van der Waals surface area contributed by atoms with Crippen molar-refractivity contribution in [3.8, 4) is 0 Å². The van der Waals surface area contributed by atoms with Crippen molar-refractivity contribution in [3.63, 3.8) is 0 Å². The Balaban J connectivity index is 4.19. The molecule has 0 aliphatic carbocycles. The van der Waals surface area contributed by atoms with E-state index in [1.165, 1.54) is 0 Å². The number of amides is 1. The number of carboxylic acids is 1. The van der Waals surface area contributed by atoms with Crippen LogP contribution in [0, 0.1) is 11.8 Å². The number of carboxylic acid groups (broad SMARTS) is 1. The van der Waals surface area contributed by atoms with E-state index >= 15 is 0 Å². The highest BCUT2D eigenvalue weighted by molar-refractivity contribution is 5.80. The van der Waals surface area contributed by atoms with Gasteiger partial charge < -0.3 is 15.2 Å². The first-order chi connectivity index (χ1) is 7.38. The molecule has 0 radical (unpaired) electrons. The summed E-state index contributed by atoms with van der Waals surface area (Å²) in [6, 6.07) is -0.885. The van der Waals surface area contributed by atoms with Crippen LogP contribution in [0.1, 0.15) is 34.1 Å². The number of nitrogens with one attached hydrogen (secondary N) is 1. The van der Waals surface area contributed by atoms with Crippen molar-refractivity contribution >= 4 is 12.1 Å². The molecule has 0 spiro atoms. The predicted octanol–water partition coefficient (Wildman–Crippen LogP) is 1.87. The number of rotatable bonds is 6. The van der Waals surface area contributed by atoms with Crippen molar-refractivity contribution in [2.24, 2.45) is 11.8 Å². The molecular weight excluding hydrogens is 210 g/mol. The highest BCUT2D eigenvalue weighted by Crippen LogP contribution is 2.08. The summed E-state index contributed by atoms with van der Waals surface area (Å²) in [5.41, 5.74) is 0. The van der Waals surface area contributed by atoms with Crippen LogP contribution in [0.2, 0.25) is 0 Å². The lowest BCUT2D eigenvalue weighted by Gasteiger charge is -2.20. The number of alkyl carbamates (subject to hydrolysis) is 1. The average molecular weight is 231 g/mol. The van der Waals surface area contributed by atoms with Crippen LogP contribution in [-0.2, 0) is 9.53 Å². The molecule has 1 amide bonds. The van der Waals surface area contributed by atoms with E-state index in [4.69, 9.17) is 9.84 Å². The molecular formula is C11H21NO4. The standard InChI is InChI=1S/C11H21NO4/c1-5-8(4)9(10(13)14)12-11(15)16-6-7(2)3/h7-9H,5-6H2,1-4H3,(H,12,15)(H,13,14)/t8-,9-/m0/s1. The van der Waals surface area contributed by atoms with Crippen LogP contribution >= 0.6 is 0 Å². The lowest BCUT2D eigenvalue weighted by atomic mass is 10.00. The summed E-state index contributed by atoms with van der Waals surface area (Å²) < 4.78 is 4.87. The van der Waals surface area contributed by atoms with Crippen LogP contribution in [-0.4, -0.2) is 29.8 Å². The average Bonchev–Trinajstić information content (AvgIpc) is 2.21. The summed E-state index contributed by atoms with van der Waals surface area (Å²) in [5, 5.41) is 11.3. The molecule has 5 heteroatoms. The van der Waals surface area contributed by atoms with E-state index in [2.05, 4.69) is 5.32 Å². The van der Waals surface area contributed by atoms with E-state index in [9.17, 15) is 9.59 Å². The second-order valence-electron chi connectivity index (χ2n) is 4.34. The lowest BCUT2D eigenvalue weighted by Crippen LogP contribution is -2.45. The molecule has 0 saturated carbocycles. The van der Waals surface area contributed by atoms with Crippen molar-refractivity contribution in [2.75, 3.05) is 6.61 Å². The third-order valence-corrected chi connectivity index (χ3v) is 2.30. The molecule has 0 aromatic heterocycles. The number of hydrogen-bond donors (Lipinski definition) is 2. The Hall–Kier alpha value is -1.26. The minimum atomic E-state index is -1.03. The Morgan fingerprint density at radius 3 is 2.25 bits per heavy atom. The molecule has 16 heavy (non-hydrogen) atoms. The number of aliphatic carboxylic acids is 1. The summed E-state index contributed by atoms with van der Waals surface area (Å²) in [6.07, 6.45) is 0.0166. The van der Waals surface area contributed by atoms with Gasteiger partial charge in [0.05, 0.1) is 6.61 Å². The van der Waals surface area contributed by atoms with Gasteiger partial charge in [-0.15, -0.1) is 0 Å². The minimum absolute atomic E-state index is 0.121. The van der Waals surface area contributed by atoms with Gasteiger partial charge in [-0.2, -0.15) is 0 Å². The van der Waals surface area contributed by atoms with Crippen molar-refractivity contribution < 1.29 is 19.4 Å². The Morgan fingerprint density at radius 1 is 1.31 bits per heavy atom. The zero-order chi connectivity index (χ0) is 12.7. The fourth-order valence-electron chi connectivity index (χ4n) is 1.09. The molecule has 0 unspecified atom stereocenters. The maximum absolute atomic E-state index is 11.3. The van der Waals surface area contributed by atoms with Gasteiger partial charge in [0.2, 0.25) is 0 Å². The highest BCUT2D eigenvalue weighted by atomic mass is 16.5. The van der Waals surface area contributed by atoms with E-state index in [0.29, 0.717) is 13.0 Å². The fourth-order valence-corrected chi connectivity index (χ4v) is 1.09. The molecule has 2 N–H and O–H groups in total. The van der Waals surface area contributed by atoms with Crippen LogP contribution in [0.4, 0.5) is 4.79 Å². The van der Waals surface area contributed by atoms with Gasteiger partial charge >= 0.3 is 12.1 Å². The van der Waals surface area contributed by atoms with E-state index in [-0.39, 0.29) is 11.8 Å². The summed E-state index contributed by atoms with van der Waals surface area (Å²) in [7, 11) is 0. The SMILES string of the molecule is CC[C@H](C)[C@H](NC(=O)OCC(C)C)C(=O)O. The second-order valence-corrected chi connectivity index (χ2v) is 4.34. The molecule has 2 atom stereocenters. The Labute approximate surface area is 96.2 Å². The number of hydrogen-bond acceptors (Lipinski definition) is 3. The second kappa shape index (κ2) is 7.09. The molecule has 0 saturated heterocycles. The van der Waals surface area contributed by atoms with Crippen molar-refractivity contribution in [3.05, 3.63) is 0 Å². The zero-order valence-electron chi connectivity index (χ0n) is 10.3. The van der Waals surface area contributed by atoms with Crippen molar-refractivity contribution in [1.82, 2.24) is 5.32 Å². The smallest absolute Gasteiger partial charge is 0.407 e. The van der Waals surface area contributed by atoms with Crippen LogP contribution in [0.25, 0.3) is 0 Å². The fraction of sp³-hybridized carbons (Fsp3) is 0.818. The maximum Gasteiger partial charge on any atom is 0.407 e.